The van der Waals surface area contributed by atoms with Gasteiger partial charge in [0.1, 0.15) is 6.61 Å². The molecule has 0 aromatic heterocycles. The van der Waals surface area contributed by atoms with Crippen LogP contribution in [0.5, 0.6) is 0 Å². The van der Waals surface area contributed by atoms with Crippen LogP contribution < -0.4 is 10.6 Å². The van der Waals surface area contributed by atoms with Gasteiger partial charge in [-0.15, -0.1) is 0 Å². The van der Waals surface area contributed by atoms with Crippen LogP contribution in [0.1, 0.15) is 13.3 Å². The highest BCUT2D eigenvalue weighted by atomic mass is 16.6. The summed E-state index contributed by atoms with van der Waals surface area (Å²) in [6.07, 6.45) is -0.398. The van der Waals surface area contributed by atoms with Crippen LogP contribution >= 0.6 is 0 Å². The number of ether oxygens (including phenoxy) is 1. The van der Waals surface area contributed by atoms with E-state index in [9.17, 15) is 9.59 Å². The molecule has 0 heterocycles. The Morgan fingerprint density at radius 1 is 1.36 bits per heavy atom. The zero-order valence-electron chi connectivity index (χ0n) is 8.21. The van der Waals surface area contributed by atoms with Gasteiger partial charge in [0.2, 0.25) is 5.91 Å². The van der Waals surface area contributed by atoms with Crippen molar-refractivity contribution in [1.82, 2.24) is 10.6 Å². The van der Waals surface area contributed by atoms with Gasteiger partial charge in [0.15, 0.2) is 0 Å². The lowest BCUT2D eigenvalue weighted by molar-refractivity contribution is -0.120. The fourth-order valence-corrected chi connectivity index (χ4v) is 0.753. The second kappa shape index (κ2) is 8.31. The average Bonchev–Trinajstić information content (AvgIpc) is 2.15. The molecule has 0 aliphatic rings. The number of alkyl carbamates (subject to hydrolysis) is 1. The molecule has 0 saturated carbocycles. The highest BCUT2D eigenvalue weighted by Gasteiger charge is 2.02. The van der Waals surface area contributed by atoms with E-state index in [4.69, 9.17) is 5.11 Å². The summed E-state index contributed by atoms with van der Waals surface area (Å²) in [6.45, 7) is 2.39. The van der Waals surface area contributed by atoms with E-state index in [1.165, 1.54) is 0 Å². The number of hydrogen-bond donors (Lipinski definition) is 3. The summed E-state index contributed by atoms with van der Waals surface area (Å²) >= 11 is 0. The second-order valence-corrected chi connectivity index (χ2v) is 2.49. The average molecular weight is 204 g/mol. The van der Waals surface area contributed by atoms with Crippen molar-refractivity contribution >= 4 is 12.0 Å². The lowest BCUT2D eigenvalue weighted by atomic mass is 10.4. The molecule has 0 saturated heterocycles. The van der Waals surface area contributed by atoms with Crippen LogP contribution in [0.3, 0.4) is 0 Å². The first kappa shape index (κ1) is 12.7. The van der Waals surface area contributed by atoms with Gasteiger partial charge in [-0.2, -0.15) is 0 Å². The predicted octanol–water partition coefficient (Wildman–Crippen LogP) is -0.769. The fourth-order valence-electron chi connectivity index (χ4n) is 0.753. The van der Waals surface area contributed by atoms with Gasteiger partial charge in [0.05, 0.1) is 6.61 Å². The van der Waals surface area contributed by atoms with Gasteiger partial charge in [-0.3, -0.25) is 4.79 Å². The van der Waals surface area contributed by atoms with Crippen LogP contribution in [0.4, 0.5) is 4.79 Å². The van der Waals surface area contributed by atoms with Crippen molar-refractivity contribution in [3.05, 3.63) is 0 Å². The normalized spacial score (nSPS) is 9.29. The first-order valence-corrected chi connectivity index (χ1v) is 4.49. The van der Waals surface area contributed by atoms with Gasteiger partial charge in [-0.05, 0) is 6.92 Å². The maximum atomic E-state index is 10.9. The Morgan fingerprint density at radius 2 is 2.07 bits per heavy atom. The summed E-state index contributed by atoms with van der Waals surface area (Å²) in [4.78, 5) is 21.7. The SMILES string of the molecule is CCNC(=O)CCNC(=O)OCCO. The Hall–Kier alpha value is -1.30. The molecule has 14 heavy (non-hydrogen) atoms. The minimum atomic E-state index is -0.622. The smallest absolute Gasteiger partial charge is 0.407 e. The van der Waals surface area contributed by atoms with Crippen LogP contribution in [0.15, 0.2) is 0 Å². The van der Waals surface area contributed by atoms with Gasteiger partial charge in [0, 0.05) is 19.5 Å². The monoisotopic (exact) mass is 204 g/mol. The first-order valence-electron chi connectivity index (χ1n) is 4.49. The molecule has 0 bridgehead atoms. The summed E-state index contributed by atoms with van der Waals surface area (Å²) in [7, 11) is 0. The number of nitrogens with one attached hydrogen (secondary N) is 2. The highest BCUT2D eigenvalue weighted by Crippen LogP contribution is 1.80. The van der Waals surface area contributed by atoms with Gasteiger partial charge in [-0.25, -0.2) is 4.79 Å². The molecule has 0 aliphatic heterocycles. The minimum absolute atomic E-state index is 0.0347. The third-order valence-corrected chi connectivity index (χ3v) is 1.32. The maximum Gasteiger partial charge on any atom is 0.407 e. The standard InChI is InChI=1S/C8H16N2O4/c1-2-9-7(12)3-4-10-8(13)14-6-5-11/h11H,2-6H2,1H3,(H,9,12)(H,10,13). The van der Waals surface area contributed by atoms with Crippen molar-refractivity contribution in [1.29, 1.82) is 0 Å². The third kappa shape index (κ3) is 7.35. The molecule has 0 radical (unpaired) electrons. The van der Waals surface area contributed by atoms with Crippen molar-refractivity contribution in [2.24, 2.45) is 0 Å². The Morgan fingerprint density at radius 3 is 2.64 bits per heavy atom. The van der Waals surface area contributed by atoms with E-state index in [0.717, 1.165) is 0 Å². The molecule has 0 unspecified atom stereocenters. The Kier molecular flexibility index (Phi) is 7.53. The molecular weight excluding hydrogens is 188 g/mol. The molecule has 0 aromatic carbocycles. The minimum Gasteiger partial charge on any atom is -0.447 e. The van der Waals surface area contributed by atoms with Crippen LogP contribution in [-0.4, -0.2) is 43.4 Å². The van der Waals surface area contributed by atoms with E-state index in [-0.39, 0.29) is 32.1 Å². The number of carbonyl (C=O) groups is 2. The van der Waals surface area contributed by atoms with E-state index in [1.807, 2.05) is 6.92 Å². The molecule has 6 heteroatoms. The quantitative estimate of drug-likeness (QED) is 0.530. The van der Waals surface area contributed by atoms with Crippen LogP contribution in [0.2, 0.25) is 0 Å². The van der Waals surface area contributed by atoms with E-state index in [1.54, 1.807) is 0 Å². The predicted molar refractivity (Wildman–Crippen MR) is 49.7 cm³/mol. The Balaban J connectivity index is 3.34. The molecular formula is C8H16N2O4. The number of amides is 2. The van der Waals surface area contributed by atoms with Crippen LogP contribution in [0, 0.1) is 0 Å². The summed E-state index contributed by atoms with van der Waals surface area (Å²) in [6, 6.07) is 0. The van der Waals surface area contributed by atoms with Crippen molar-refractivity contribution in [3.8, 4) is 0 Å². The maximum absolute atomic E-state index is 10.9. The van der Waals surface area contributed by atoms with E-state index < -0.39 is 6.09 Å². The molecule has 0 spiro atoms. The second-order valence-electron chi connectivity index (χ2n) is 2.49. The van der Waals surface area contributed by atoms with Crippen molar-refractivity contribution in [2.75, 3.05) is 26.3 Å². The molecule has 3 N–H and O–H groups in total. The van der Waals surface area contributed by atoms with Gasteiger partial charge < -0.3 is 20.5 Å². The first-order chi connectivity index (χ1) is 6.70. The topological polar surface area (TPSA) is 87.7 Å². The van der Waals surface area contributed by atoms with Crippen molar-refractivity contribution in [3.63, 3.8) is 0 Å². The molecule has 82 valence electrons. The highest BCUT2D eigenvalue weighted by molar-refractivity contribution is 5.76. The molecule has 2 amide bonds. The largest absolute Gasteiger partial charge is 0.447 e. The zero-order chi connectivity index (χ0) is 10.8. The molecule has 0 fully saturated rings. The number of aliphatic hydroxyl groups is 1. The van der Waals surface area contributed by atoms with E-state index in [2.05, 4.69) is 15.4 Å². The van der Waals surface area contributed by atoms with Crippen molar-refractivity contribution in [2.45, 2.75) is 13.3 Å². The van der Waals surface area contributed by atoms with Gasteiger partial charge in [-0.1, -0.05) is 0 Å². The van der Waals surface area contributed by atoms with Crippen molar-refractivity contribution < 1.29 is 19.4 Å². The lowest BCUT2D eigenvalue weighted by Gasteiger charge is -2.05. The number of carbonyl (C=O) groups excluding carboxylic acids is 2. The molecule has 0 aromatic rings. The summed E-state index contributed by atoms with van der Waals surface area (Å²) in [5.41, 5.74) is 0. The number of rotatable bonds is 6. The molecule has 6 nitrogen and oxygen atoms in total. The molecule has 0 aliphatic carbocycles. The zero-order valence-corrected chi connectivity index (χ0v) is 8.21. The van der Waals surface area contributed by atoms with Crippen LogP contribution in [0.25, 0.3) is 0 Å². The Bertz CT molecular complexity index is 184. The summed E-state index contributed by atoms with van der Waals surface area (Å²) in [5.74, 6) is -0.116. The van der Waals surface area contributed by atoms with Gasteiger partial charge in [0.25, 0.3) is 0 Å². The third-order valence-electron chi connectivity index (χ3n) is 1.32. The number of aliphatic hydroxyl groups excluding tert-OH is 1. The molecule has 0 atom stereocenters. The fraction of sp³-hybridized carbons (Fsp3) is 0.750. The Labute approximate surface area is 82.6 Å². The molecule has 0 rings (SSSR count). The van der Waals surface area contributed by atoms with E-state index >= 15 is 0 Å². The van der Waals surface area contributed by atoms with E-state index in [0.29, 0.717) is 6.54 Å². The number of hydrogen-bond acceptors (Lipinski definition) is 4. The van der Waals surface area contributed by atoms with Crippen LogP contribution in [-0.2, 0) is 9.53 Å². The lowest BCUT2D eigenvalue weighted by Crippen LogP contribution is -2.31. The summed E-state index contributed by atoms with van der Waals surface area (Å²) in [5, 5.41) is 13.3. The van der Waals surface area contributed by atoms with Gasteiger partial charge >= 0.3 is 6.09 Å². The summed E-state index contributed by atoms with van der Waals surface area (Å²) < 4.78 is 4.50.